The summed E-state index contributed by atoms with van der Waals surface area (Å²) >= 11 is 15.2. The van der Waals surface area contributed by atoms with Crippen molar-refractivity contribution in [1.29, 1.82) is 0 Å². The smallest absolute Gasteiger partial charge is 0.296 e. The Hall–Kier alpha value is -4.15. The van der Waals surface area contributed by atoms with E-state index in [1.807, 2.05) is 30.3 Å². The highest BCUT2D eigenvalue weighted by Gasteiger charge is 2.47. The zero-order valence-corrected chi connectivity index (χ0v) is 25.2. The quantitative estimate of drug-likeness (QED) is 0.105. The molecule has 7 nitrogen and oxygen atoms in total. The number of rotatable bonds is 7. The molecule has 0 spiro atoms. The number of halogens is 2. The molecule has 4 aromatic carbocycles. The standard InChI is InChI=1S/C32H19Cl2N3O4S2/c33-22-13-12-19(14-23(22)34)27-26(28(38)25-15-18-7-2-4-11-24(18)41-25)29(39)30(40)37(27)31-35-36-32(43-31)42-16-20-9-5-8-17-6-1-3-10-21(17)20/h1-15,27,39H,16H2/t27-/m0/s1. The Kier molecular flexibility index (Phi) is 7.18. The van der Waals surface area contributed by atoms with Gasteiger partial charge in [0.05, 0.1) is 21.7 Å². The van der Waals surface area contributed by atoms with Crippen molar-refractivity contribution in [2.45, 2.75) is 16.1 Å². The second-order valence-electron chi connectivity index (χ2n) is 9.77. The fourth-order valence-corrected chi connectivity index (χ4v) is 7.35. The second-order valence-corrected chi connectivity index (χ2v) is 12.8. The third-order valence-electron chi connectivity index (χ3n) is 7.19. The Labute approximate surface area is 263 Å². The first kappa shape index (κ1) is 27.7. The van der Waals surface area contributed by atoms with Gasteiger partial charge < -0.3 is 9.52 Å². The van der Waals surface area contributed by atoms with Gasteiger partial charge in [0.2, 0.25) is 10.9 Å². The number of furan rings is 1. The predicted octanol–water partition coefficient (Wildman–Crippen LogP) is 8.82. The molecule has 1 aliphatic rings. The van der Waals surface area contributed by atoms with Crippen LogP contribution in [0.1, 0.15) is 27.7 Å². The Balaban J connectivity index is 1.24. The van der Waals surface area contributed by atoms with Crippen molar-refractivity contribution in [1.82, 2.24) is 10.2 Å². The summed E-state index contributed by atoms with van der Waals surface area (Å²) in [6.45, 7) is 0. The number of hydrogen-bond acceptors (Lipinski definition) is 8. The molecule has 1 atom stereocenters. The third-order valence-corrected chi connectivity index (χ3v) is 10.0. The lowest BCUT2D eigenvalue weighted by molar-refractivity contribution is -0.117. The zero-order chi connectivity index (χ0) is 29.7. The van der Waals surface area contributed by atoms with Crippen molar-refractivity contribution in [3.05, 3.63) is 129 Å². The van der Waals surface area contributed by atoms with Gasteiger partial charge in [-0.2, -0.15) is 0 Å². The van der Waals surface area contributed by atoms with Crippen LogP contribution in [0.2, 0.25) is 10.0 Å². The fraction of sp³-hybridized carbons (Fsp3) is 0.0625. The number of carbonyl (C=O) groups excluding carboxylic acids is 2. The number of aliphatic hydroxyl groups excluding tert-OH is 1. The number of carbonyl (C=O) groups is 2. The number of benzene rings is 4. The van der Waals surface area contributed by atoms with Gasteiger partial charge in [0.1, 0.15) is 5.58 Å². The Morgan fingerprint density at radius 3 is 2.51 bits per heavy atom. The molecule has 0 fully saturated rings. The van der Waals surface area contributed by atoms with Crippen molar-refractivity contribution in [2.24, 2.45) is 0 Å². The number of amides is 1. The SMILES string of the molecule is O=C(C1=C(O)C(=O)N(c2nnc(SCc3cccc4ccccc34)s2)[C@H]1c1ccc(Cl)c(Cl)c1)c1cc2ccccc2o1. The largest absolute Gasteiger partial charge is 0.503 e. The van der Waals surface area contributed by atoms with Crippen LogP contribution in [0.5, 0.6) is 0 Å². The summed E-state index contributed by atoms with van der Waals surface area (Å²) in [6.07, 6.45) is 0. The third kappa shape index (κ3) is 4.98. The van der Waals surface area contributed by atoms with Gasteiger partial charge in [-0.25, -0.2) is 0 Å². The van der Waals surface area contributed by atoms with E-state index in [-0.39, 0.29) is 21.5 Å². The van der Waals surface area contributed by atoms with Gasteiger partial charge in [0.15, 0.2) is 15.9 Å². The Bertz CT molecular complexity index is 2070. The van der Waals surface area contributed by atoms with Crippen molar-refractivity contribution in [3.8, 4) is 0 Å². The molecule has 2 aromatic heterocycles. The zero-order valence-electron chi connectivity index (χ0n) is 22.0. The highest BCUT2D eigenvalue weighted by Crippen LogP contribution is 2.45. The number of para-hydroxylation sites is 1. The Morgan fingerprint density at radius 2 is 1.70 bits per heavy atom. The number of ketones is 1. The van der Waals surface area contributed by atoms with Crippen LogP contribution in [-0.2, 0) is 10.5 Å². The van der Waals surface area contributed by atoms with Crippen molar-refractivity contribution in [3.63, 3.8) is 0 Å². The lowest BCUT2D eigenvalue weighted by Crippen LogP contribution is -2.31. The minimum Gasteiger partial charge on any atom is -0.503 e. The fourth-order valence-electron chi connectivity index (χ4n) is 5.17. The number of aromatic nitrogens is 2. The van der Waals surface area contributed by atoms with Crippen LogP contribution >= 0.6 is 46.3 Å². The van der Waals surface area contributed by atoms with Crippen LogP contribution in [0.4, 0.5) is 5.13 Å². The highest BCUT2D eigenvalue weighted by atomic mass is 35.5. The number of anilines is 1. The van der Waals surface area contributed by atoms with Gasteiger partial charge in [-0.3, -0.25) is 14.5 Å². The molecule has 1 N–H and O–H groups in total. The van der Waals surface area contributed by atoms with E-state index >= 15 is 0 Å². The van der Waals surface area contributed by atoms with Crippen LogP contribution in [-0.4, -0.2) is 27.0 Å². The molecule has 0 radical (unpaired) electrons. The average Bonchev–Trinajstić information content (AvgIpc) is 3.73. The van der Waals surface area contributed by atoms with Crippen LogP contribution in [0.25, 0.3) is 21.7 Å². The van der Waals surface area contributed by atoms with E-state index in [2.05, 4.69) is 34.5 Å². The van der Waals surface area contributed by atoms with E-state index in [1.54, 1.807) is 36.4 Å². The van der Waals surface area contributed by atoms with Crippen molar-refractivity contribution in [2.75, 3.05) is 4.90 Å². The number of Topliss-reactive ketones (excluding diaryl/α,β-unsaturated/α-hetero) is 1. The number of aliphatic hydroxyl groups is 1. The molecule has 0 aliphatic carbocycles. The molecule has 11 heteroatoms. The number of thioether (sulfide) groups is 1. The topological polar surface area (TPSA) is 96.5 Å². The van der Waals surface area contributed by atoms with Crippen molar-refractivity contribution >= 4 is 84.9 Å². The highest BCUT2D eigenvalue weighted by molar-refractivity contribution is 8.00. The normalized spacial score (nSPS) is 15.3. The second kappa shape index (κ2) is 11.2. The maximum atomic E-state index is 13.9. The van der Waals surface area contributed by atoms with E-state index in [0.29, 0.717) is 26.3 Å². The molecule has 1 amide bonds. The number of fused-ring (bicyclic) bond motifs is 2. The van der Waals surface area contributed by atoms with E-state index in [4.69, 9.17) is 27.6 Å². The molecule has 0 bridgehead atoms. The van der Waals surface area contributed by atoms with Crippen LogP contribution in [0.3, 0.4) is 0 Å². The van der Waals surface area contributed by atoms with Gasteiger partial charge in [-0.15, -0.1) is 10.2 Å². The molecule has 7 rings (SSSR count). The molecule has 3 heterocycles. The summed E-state index contributed by atoms with van der Waals surface area (Å²) < 4.78 is 6.43. The number of hydrogen-bond donors (Lipinski definition) is 1. The van der Waals surface area contributed by atoms with Crippen LogP contribution < -0.4 is 4.90 Å². The van der Waals surface area contributed by atoms with E-state index in [1.165, 1.54) is 28.0 Å². The van der Waals surface area contributed by atoms with E-state index in [9.17, 15) is 14.7 Å². The maximum Gasteiger partial charge on any atom is 0.296 e. The average molecular weight is 645 g/mol. The summed E-state index contributed by atoms with van der Waals surface area (Å²) in [6, 6.07) is 26.8. The molecule has 0 saturated heterocycles. The van der Waals surface area contributed by atoms with E-state index < -0.39 is 23.5 Å². The lowest BCUT2D eigenvalue weighted by atomic mass is 9.95. The summed E-state index contributed by atoms with van der Waals surface area (Å²) in [7, 11) is 0. The van der Waals surface area contributed by atoms with Gasteiger partial charge in [0.25, 0.3) is 5.91 Å². The molecule has 212 valence electrons. The first-order valence-electron chi connectivity index (χ1n) is 13.1. The Morgan fingerprint density at radius 1 is 0.930 bits per heavy atom. The summed E-state index contributed by atoms with van der Waals surface area (Å²) in [5.41, 5.74) is 1.97. The van der Waals surface area contributed by atoms with Crippen LogP contribution in [0, 0.1) is 0 Å². The molecular weight excluding hydrogens is 625 g/mol. The number of nitrogens with zero attached hydrogens (tertiary/aromatic N) is 3. The first-order chi connectivity index (χ1) is 20.9. The first-order valence-corrected chi connectivity index (χ1v) is 15.6. The predicted molar refractivity (Wildman–Crippen MR) is 170 cm³/mol. The van der Waals surface area contributed by atoms with Crippen LogP contribution in [0.15, 0.2) is 111 Å². The van der Waals surface area contributed by atoms with Gasteiger partial charge >= 0.3 is 0 Å². The minimum atomic E-state index is -1.05. The summed E-state index contributed by atoms with van der Waals surface area (Å²) in [5, 5.41) is 23.5. The molecule has 6 aromatic rings. The molecule has 0 saturated carbocycles. The minimum absolute atomic E-state index is 0.00828. The van der Waals surface area contributed by atoms with Gasteiger partial charge in [-0.1, -0.05) is 113 Å². The lowest BCUT2D eigenvalue weighted by Gasteiger charge is -2.24. The monoisotopic (exact) mass is 643 g/mol. The summed E-state index contributed by atoms with van der Waals surface area (Å²) in [4.78, 5) is 28.7. The van der Waals surface area contributed by atoms with Crippen molar-refractivity contribution < 1.29 is 19.1 Å². The van der Waals surface area contributed by atoms with Gasteiger partial charge in [0, 0.05) is 11.1 Å². The molecular formula is C32H19Cl2N3O4S2. The summed E-state index contributed by atoms with van der Waals surface area (Å²) in [5.74, 6) is -1.47. The maximum absolute atomic E-state index is 13.9. The molecule has 0 unspecified atom stereocenters. The molecule has 43 heavy (non-hydrogen) atoms. The van der Waals surface area contributed by atoms with E-state index in [0.717, 1.165) is 21.7 Å². The van der Waals surface area contributed by atoms with Gasteiger partial charge in [-0.05, 0) is 46.2 Å². The molecule has 1 aliphatic heterocycles.